The van der Waals surface area contributed by atoms with Crippen molar-refractivity contribution in [3.63, 3.8) is 0 Å². The van der Waals surface area contributed by atoms with E-state index in [-0.39, 0.29) is 0 Å². The van der Waals surface area contributed by atoms with Gasteiger partial charge in [-0.05, 0) is 58.6 Å². The normalized spacial score (nSPS) is 19.7. The maximum Gasteiger partial charge on any atom is 0.156 e. The Hall–Kier alpha value is -1.75. The van der Waals surface area contributed by atoms with Gasteiger partial charge in [0.05, 0.1) is 0 Å². The summed E-state index contributed by atoms with van der Waals surface area (Å²) in [7, 11) is 0. The van der Waals surface area contributed by atoms with Crippen LogP contribution in [0.4, 0.5) is 0 Å². The number of likely N-dealkylation sites (tertiary alicyclic amines) is 1. The molecule has 1 saturated heterocycles. The second kappa shape index (κ2) is 6.57. The summed E-state index contributed by atoms with van der Waals surface area (Å²) in [6.45, 7) is 8.97. The highest BCUT2D eigenvalue weighted by molar-refractivity contribution is 5.49. The molecule has 118 valence electrons. The van der Waals surface area contributed by atoms with Gasteiger partial charge in [0.15, 0.2) is 5.82 Å². The zero-order chi connectivity index (χ0) is 15.5. The number of nitrogens with zero attached hydrogens (tertiary/aromatic N) is 4. The van der Waals surface area contributed by atoms with Crippen molar-refractivity contribution >= 4 is 0 Å². The molecule has 3 rings (SSSR count). The Kier molecular flexibility index (Phi) is 4.52. The fraction of sp³-hybridized carbons (Fsp3) is 0.588. The minimum Gasteiger partial charge on any atom is -0.341 e. The van der Waals surface area contributed by atoms with Crippen LogP contribution in [-0.4, -0.2) is 44.0 Å². The summed E-state index contributed by atoms with van der Waals surface area (Å²) in [5.41, 5.74) is 3.05. The van der Waals surface area contributed by atoms with Gasteiger partial charge in [0.1, 0.15) is 12.0 Å². The molecule has 0 saturated carbocycles. The number of aromatic amines is 1. The van der Waals surface area contributed by atoms with Gasteiger partial charge in [-0.25, -0.2) is 15.0 Å². The molecule has 2 aromatic heterocycles. The lowest BCUT2D eigenvalue weighted by Gasteiger charge is -2.35. The van der Waals surface area contributed by atoms with Crippen LogP contribution in [0.1, 0.15) is 38.1 Å². The number of nitrogens with one attached hydrogen (secondary N) is 1. The van der Waals surface area contributed by atoms with Gasteiger partial charge in [-0.2, -0.15) is 0 Å². The molecule has 3 heterocycles. The van der Waals surface area contributed by atoms with Gasteiger partial charge in [0.2, 0.25) is 0 Å². The number of hydrogen-bond acceptors (Lipinski definition) is 4. The van der Waals surface area contributed by atoms with Crippen molar-refractivity contribution < 1.29 is 0 Å². The van der Waals surface area contributed by atoms with E-state index in [9.17, 15) is 0 Å². The third-order valence-electron chi connectivity index (χ3n) is 4.45. The van der Waals surface area contributed by atoms with Crippen molar-refractivity contribution in [2.75, 3.05) is 13.1 Å². The van der Waals surface area contributed by atoms with Gasteiger partial charge >= 0.3 is 0 Å². The van der Waals surface area contributed by atoms with E-state index in [4.69, 9.17) is 0 Å². The number of imidazole rings is 1. The maximum absolute atomic E-state index is 4.46. The van der Waals surface area contributed by atoms with Crippen molar-refractivity contribution in [2.45, 2.75) is 46.1 Å². The summed E-state index contributed by atoms with van der Waals surface area (Å²) in [5.74, 6) is 1.52. The molecule has 1 aliphatic heterocycles. The predicted octanol–water partition coefficient (Wildman–Crippen LogP) is 2.84. The molecule has 0 amide bonds. The number of aromatic nitrogens is 4. The Morgan fingerprint density at radius 2 is 2.18 bits per heavy atom. The highest BCUT2D eigenvalue weighted by Crippen LogP contribution is 2.22. The van der Waals surface area contributed by atoms with Gasteiger partial charge in [0, 0.05) is 30.2 Å². The van der Waals surface area contributed by atoms with Crippen molar-refractivity contribution in [3.05, 3.63) is 30.0 Å². The molecule has 5 nitrogen and oxygen atoms in total. The smallest absolute Gasteiger partial charge is 0.156 e. The van der Waals surface area contributed by atoms with Gasteiger partial charge in [-0.15, -0.1) is 0 Å². The third kappa shape index (κ3) is 3.53. The molecular formula is C17H25N5. The average molecular weight is 299 g/mol. The first-order valence-electron chi connectivity index (χ1n) is 8.19. The lowest BCUT2D eigenvalue weighted by Crippen LogP contribution is -2.40. The Morgan fingerprint density at radius 3 is 2.91 bits per heavy atom. The second-order valence-electron chi connectivity index (χ2n) is 6.61. The summed E-state index contributed by atoms with van der Waals surface area (Å²) in [5, 5.41) is 0. The monoisotopic (exact) mass is 299 g/mol. The molecular weight excluding hydrogens is 274 g/mol. The van der Waals surface area contributed by atoms with Crippen LogP contribution in [-0.2, 0) is 6.42 Å². The van der Waals surface area contributed by atoms with Gasteiger partial charge in [-0.1, -0.05) is 0 Å². The predicted molar refractivity (Wildman–Crippen MR) is 87.5 cm³/mol. The number of hydrogen-bond donors (Lipinski definition) is 1. The topological polar surface area (TPSA) is 57.7 Å². The number of H-pyrrole nitrogens is 1. The standard InChI is InChI=1S/C17H25N5/c1-12(2)22-6-4-5-14(10-22)7-15-8-16(20-11-19-15)17-18-9-13(3)21-17/h8-9,11-12,14H,4-7,10H2,1-3H3,(H,18,21)/t14-/m0/s1. The van der Waals surface area contributed by atoms with E-state index in [0.717, 1.165) is 29.3 Å². The van der Waals surface area contributed by atoms with Gasteiger partial charge < -0.3 is 9.88 Å². The average Bonchev–Trinajstić information content (AvgIpc) is 2.94. The number of piperidine rings is 1. The molecule has 0 aliphatic carbocycles. The van der Waals surface area contributed by atoms with Crippen molar-refractivity contribution in [2.24, 2.45) is 5.92 Å². The fourth-order valence-corrected chi connectivity index (χ4v) is 3.21. The van der Waals surface area contributed by atoms with E-state index >= 15 is 0 Å². The lowest BCUT2D eigenvalue weighted by atomic mass is 9.92. The highest BCUT2D eigenvalue weighted by Gasteiger charge is 2.22. The second-order valence-corrected chi connectivity index (χ2v) is 6.61. The number of aryl methyl sites for hydroxylation is 1. The SMILES string of the molecule is Cc1cnc(-c2cc(C[C@@H]3CCCN(C(C)C)C3)ncn2)[nH]1. The Labute approximate surface area is 132 Å². The molecule has 1 atom stereocenters. The molecule has 1 fully saturated rings. The summed E-state index contributed by atoms with van der Waals surface area (Å²) in [4.78, 5) is 19.0. The van der Waals surface area contributed by atoms with E-state index in [2.05, 4.69) is 44.7 Å². The zero-order valence-corrected chi connectivity index (χ0v) is 13.7. The molecule has 0 aromatic carbocycles. The molecule has 22 heavy (non-hydrogen) atoms. The summed E-state index contributed by atoms with van der Waals surface area (Å²) < 4.78 is 0. The number of rotatable bonds is 4. The summed E-state index contributed by atoms with van der Waals surface area (Å²) in [6.07, 6.45) is 7.10. The fourth-order valence-electron chi connectivity index (χ4n) is 3.21. The van der Waals surface area contributed by atoms with E-state index in [1.165, 1.54) is 25.9 Å². The van der Waals surface area contributed by atoms with Crippen molar-refractivity contribution in [3.8, 4) is 11.5 Å². The zero-order valence-electron chi connectivity index (χ0n) is 13.7. The first kappa shape index (κ1) is 15.2. The molecule has 0 unspecified atom stereocenters. The largest absolute Gasteiger partial charge is 0.341 e. The van der Waals surface area contributed by atoms with Gasteiger partial charge in [0.25, 0.3) is 0 Å². The molecule has 0 spiro atoms. The molecule has 5 heteroatoms. The maximum atomic E-state index is 4.46. The van der Waals surface area contributed by atoms with Crippen LogP contribution < -0.4 is 0 Å². The minimum absolute atomic E-state index is 0.634. The van der Waals surface area contributed by atoms with Crippen LogP contribution in [0.15, 0.2) is 18.6 Å². The molecule has 1 aliphatic rings. The minimum atomic E-state index is 0.634. The van der Waals surface area contributed by atoms with E-state index in [0.29, 0.717) is 12.0 Å². The first-order chi connectivity index (χ1) is 10.6. The lowest BCUT2D eigenvalue weighted by molar-refractivity contribution is 0.139. The van der Waals surface area contributed by atoms with Crippen LogP contribution in [0.5, 0.6) is 0 Å². The Balaban J connectivity index is 1.70. The summed E-state index contributed by atoms with van der Waals surface area (Å²) >= 11 is 0. The molecule has 0 radical (unpaired) electrons. The van der Waals surface area contributed by atoms with E-state index in [1.54, 1.807) is 6.33 Å². The Bertz CT molecular complexity index is 619. The molecule has 1 N–H and O–H groups in total. The van der Waals surface area contributed by atoms with Crippen LogP contribution >= 0.6 is 0 Å². The van der Waals surface area contributed by atoms with Gasteiger partial charge in [-0.3, -0.25) is 0 Å². The Morgan fingerprint density at radius 1 is 1.32 bits per heavy atom. The highest BCUT2D eigenvalue weighted by atomic mass is 15.2. The quantitative estimate of drug-likeness (QED) is 0.943. The molecule has 0 bridgehead atoms. The van der Waals surface area contributed by atoms with Crippen molar-refractivity contribution in [1.82, 2.24) is 24.8 Å². The van der Waals surface area contributed by atoms with Crippen LogP contribution in [0.3, 0.4) is 0 Å². The van der Waals surface area contributed by atoms with Crippen LogP contribution in [0.25, 0.3) is 11.5 Å². The van der Waals surface area contributed by atoms with Crippen LogP contribution in [0.2, 0.25) is 0 Å². The third-order valence-corrected chi connectivity index (χ3v) is 4.45. The van der Waals surface area contributed by atoms with Crippen LogP contribution in [0, 0.1) is 12.8 Å². The van der Waals surface area contributed by atoms with Crippen molar-refractivity contribution in [1.29, 1.82) is 0 Å². The summed E-state index contributed by atoms with van der Waals surface area (Å²) in [6, 6.07) is 2.71. The van der Waals surface area contributed by atoms with E-state index < -0.39 is 0 Å². The van der Waals surface area contributed by atoms with E-state index in [1.807, 2.05) is 13.1 Å². The first-order valence-corrected chi connectivity index (χ1v) is 8.19. The molecule has 2 aromatic rings.